The Morgan fingerprint density at radius 3 is 2.09 bits per heavy atom. The third-order valence-electron chi connectivity index (χ3n) is 5.32. The number of hydrogen-bond donors (Lipinski definition) is 2. The molecule has 1 amide bonds. The van der Waals surface area contributed by atoms with Gasteiger partial charge in [0.1, 0.15) is 0 Å². The average molecular weight is 465 g/mol. The average Bonchev–Trinajstić information content (AvgIpc) is 3.30. The highest BCUT2D eigenvalue weighted by atomic mass is 32.1. The van der Waals surface area contributed by atoms with Gasteiger partial charge in [0.2, 0.25) is 11.8 Å². The van der Waals surface area contributed by atoms with E-state index in [9.17, 15) is 4.79 Å². The summed E-state index contributed by atoms with van der Waals surface area (Å²) in [4.78, 5) is 21.8. The molecule has 0 atom stereocenters. The number of pyridine rings is 1. The third-order valence-corrected chi connectivity index (χ3v) is 5.52. The minimum atomic E-state index is -0.475. The number of carbonyl (C=O) groups is 1. The molecule has 34 heavy (non-hydrogen) atoms. The van der Waals surface area contributed by atoms with E-state index in [0.29, 0.717) is 17.1 Å². The van der Waals surface area contributed by atoms with Gasteiger partial charge in [-0.05, 0) is 59.7 Å². The lowest BCUT2D eigenvalue weighted by molar-refractivity contribution is -0.120. The molecule has 0 aliphatic carbocycles. The minimum absolute atomic E-state index is 0.203. The molecule has 2 heterocycles. The van der Waals surface area contributed by atoms with E-state index in [1.54, 1.807) is 12.3 Å². The number of anilines is 1. The zero-order chi connectivity index (χ0) is 23.3. The molecule has 2 aromatic heterocycles. The van der Waals surface area contributed by atoms with Gasteiger partial charge in [0, 0.05) is 17.4 Å². The van der Waals surface area contributed by atoms with Crippen molar-refractivity contribution in [1.29, 1.82) is 0 Å². The molecule has 166 valence electrons. The van der Waals surface area contributed by atoms with Crippen molar-refractivity contribution in [2.45, 2.75) is 5.92 Å². The van der Waals surface area contributed by atoms with Crippen LogP contribution < -0.4 is 10.6 Å². The number of oxazole rings is 1. The third kappa shape index (κ3) is 4.69. The van der Waals surface area contributed by atoms with Gasteiger partial charge in [-0.25, -0.2) is 4.98 Å². The Morgan fingerprint density at radius 2 is 1.47 bits per heavy atom. The molecule has 0 unspecified atom stereocenters. The molecule has 2 N–H and O–H groups in total. The predicted octanol–water partition coefficient (Wildman–Crippen LogP) is 5.53. The summed E-state index contributed by atoms with van der Waals surface area (Å²) in [5.74, 6) is -0.188. The van der Waals surface area contributed by atoms with Crippen LogP contribution in [0, 0.1) is 0 Å². The van der Waals surface area contributed by atoms with E-state index < -0.39 is 5.92 Å². The number of nitrogens with zero attached hydrogens (tertiary/aromatic N) is 2. The molecule has 0 bridgehead atoms. The molecule has 0 fully saturated rings. The van der Waals surface area contributed by atoms with Crippen molar-refractivity contribution in [3.05, 3.63) is 114 Å². The molecule has 0 aliphatic heterocycles. The second-order valence-electron chi connectivity index (χ2n) is 7.62. The van der Waals surface area contributed by atoms with Crippen molar-refractivity contribution in [1.82, 2.24) is 15.3 Å². The monoisotopic (exact) mass is 464 g/mol. The van der Waals surface area contributed by atoms with Crippen molar-refractivity contribution in [2.24, 2.45) is 0 Å². The second-order valence-corrected chi connectivity index (χ2v) is 8.03. The van der Waals surface area contributed by atoms with Crippen molar-refractivity contribution >= 4 is 40.2 Å². The first kappa shape index (κ1) is 21.5. The lowest BCUT2D eigenvalue weighted by Gasteiger charge is -2.18. The van der Waals surface area contributed by atoms with Crippen molar-refractivity contribution < 1.29 is 9.21 Å². The summed E-state index contributed by atoms with van der Waals surface area (Å²) in [6, 6.07) is 30.4. The van der Waals surface area contributed by atoms with Crippen molar-refractivity contribution in [3.63, 3.8) is 0 Å². The van der Waals surface area contributed by atoms with Gasteiger partial charge in [-0.2, -0.15) is 4.98 Å². The highest BCUT2D eigenvalue weighted by molar-refractivity contribution is 7.80. The molecular weight excluding hydrogens is 444 g/mol. The quantitative estimate of drug-likeness (QED) is 0.333. The largest absolute Gasteiger partial charge is 0.434 e. The van der Waals surface area contributed by atoms with Crippen LogP contribution in [-0.4, -0.2) is 21.0 Å². The molecule has 7 heteroatoms. The van der Waals surface area contributed by atoms with Crippen LogP contribution >= 0.6 is 12.2 Å². The summed E-state index contributed by atoms with van der Waals surface area (Å²) in [5, 5.41) is 6.13. The number of benzene rings is 3. The number of carbonyl (C=O) groups excluding carboxylic acids is 1. The smallest absolute Gasteiger partial charge is 0.238 e. The summed E-state index contributed by atoms with van der Waals surface area (Å²) in [7, 11) is 0. The number of aromatic nitrogens is 2. The maximum Gasteiger partial charge on any atom is 0.238 e. The van der Waals surface area contributed by atoms with E-state index in [-0.39, 0.29) is 11.0 Å². The Labute approximate surface area is 201 Å². The zero-order valence-corrected chi connectivity index (χ0v) is 18.8. The minimum Gasteiger partial charge on any atom is -0.434 e. The molecule has 0 saturated heterocycles. The standard InChI is InChI=1S/C27H20N4O2S/c32-25(23(18-8-3-1-4-9-18)19-10-5-2-6-11-19)31-27(34)29-21-15-13-20(14-16-21)26-30-24-22(33-26)12-7-17-28-24/h1-17,23H,(H2,29,31,32,34). The van der Waals surface area contributed by atoms with E-state index in [0.717, 1.165) is 22.4 Å². The van der Waals surface area contributed by atoms with Crippen LogP contribution in [0.3, 0.4) is 0 Å². The first-order valence-corrected chi connectivity index (χ1v) is 11.1. The summed E-state index contributed by atoms with van der Waals surface area (Å²) >= 11 is 5.42. The van der Waals surface area contributed by atoms with Crippen LogP contribution in [0.4, 0.5) is 5.69 Å². The fourth-order valence-electron chi connectivity index (χ4n) is 3.72. The molecule has 0 saturated carbocycles. The van der Waals surface area contributed by atoms with Crippen LogP contribution in [0.15, 0.2) is 108 Å². The number of hydrogen-bond acceptors (Lipinski definition) is 5. The molecule has 0 radical (unpaired) electrons. The summed E-state index contributed by atoms with van der Waals surface area (Å²) in [6.45, 7) is 0. The van der Waals surface area contributed by atoms with Crippen LogP contribution in [0.2, 0.25) is 0 Å². The summed E-state index contributed by atoms with van der Waals surface area (Å²) < 4.78 is 5.76. The van der Waals surface area contributed by atoms with E-state index in [1.165, 1.54) is 0 Å². The van der Waals surface area contributed by atoms with Crippen molar-refractivity contribution in [2.75, 3.05) is 5.32 Å². The first-order chi connectivity index (χ1) is 16.7. The molecule has 5 aromatic rings. The first-order valence-electron chi connectivity index (χ1n) is 10.7. The molecule has 3 aromatic carbocycles. The van der Waals surface area contributed by atoms with E-state index in [2.05, 4.69) is 20.6 Å². The van der Waals surface area contributed by atoms with Gasteiger partial charge in [-0.15, -0.1) is 0 Å². The molecule has 0 spiro atoms. The predicted molar refractivity (Wildman–Crippen MR) is 136 cm³/mol. The zero-order valence-electron chi connectivity index (χ0n) is 18.0. The maximum atomic E-state index is 13.2. The fraction of sp³-hybridized carbons (Fsp3) is 0.0370. The lowest BCUT2D eigenvalue weighted by atomic mass is 9.90. The van der Waals surface area contributed by atoms with Crippen LogP contribution in [0.25, 0.3) is 22.7 Å². The van der Waals surface area contributed by atoms with Crippen LogP contribution in [0.5, 0.6) is 0 Å². The lowest BCUT2D eigenvalue weighted by Crippen LogP contribution is -2.37. The Balaban J connectivity index is 1.28. The summed E-state index contributed by atoms with van der Waals surface area (Å²) in [5.41, 5.74) is 4.54. The van der Waals surface area contributed by atoms with Gasteiger partial charge in [0.25, 0.3) is 0 Å². The van der Waals surface area contributed by atoms with Crippen molar-refractivity contribution in [3.8, 4) is 11.5 Å². The van der Waals surface area contributed by atoms with Gasteiger partial charge in [-0.3, -0.25) is 4.79 Å². The number of amides is 1. The van der Waals surface area contributed by atoms with Crippen LogP contribution in [0.1, 0.15) is 17.0 Å². The Bertz CT molecular complexity index is 1360. The number of thiocarbonyl (C=S) groups is 1. The van der Waals surface area contributed by atoms with E-state index in [1.807, 2.05) is 91.0 Å². The fourth-order valence-corrected chi connectivity index (χ4v) is 3.94. The Kier molecular flexibility index (Phi) is 6.09. The van der Waals surface area contributed by atoms with Gasteiger partial charge in [-0.1, -0.05) is 60.7 Å². The molecule has 0 aliphatic rings. The SMILES string of the molecule is O=C(NC(=S)Nc1ccc(-c2nc3ncccc3o2)cc1)C(c1ccccc1)c1ccccc1. The highest BCUT2D eigenvalue weighted by Crippen LogP contribution is 2.26. The normalized spacial score (nSPS) is 10.9. The molecule has 6 nitrogen and oxygen atoms in total. The number of fused-ring (bicyclic) bond motifs is 1. The van der Waals surface area contributed by atoms with Gasteiger partial charge >= 0.3 is 0 Å². The van der Waals surface area contributed by atoms with Gasteiger partial charge < -0.3 is 15.1 Å². The Hall–Kier alpha value is -4.36. The van der Waals surface area contributed by atoms with Gasteiger partial charge in [0.15, 0.2) is 16.3 Å². The van der Waals surface area contributed by atoms with E-state index in [4.69, 9.17) is 16.6 Å². The van der Waals surface area contributed by atoms with Crippen LogP contribution in [-0.2, 0) is 4.79 Å². The summed E-state index contributed by atoms with van der Waals surface area (Å²) in [6.07, 6.45) is 1.68. The highest BCUT2D eigenvalue weighted by Gasteiger charge is 2.23. The molecule has 5 rings (SSSR count). The topological polar surface area (TPSA) is 80.0 Å². The van der Waals surface area contributed by atoms with Gasteiger partial charge in [0.05, 0.1) is 5.92 Å². The van der Waals surface area contributed by atoms with E-state index >= 15 is 0 Å². The second kappa shape index (κ2) is 9.64. The Morgan fingerprint density at radius 1 is 0.824 bits per heavy atom. The number of rotatable bonds is 5. The maximum absolute atomic E-state index is 13.2. The number of nitrogens with one attached hydrogen (secondary N) is 2. The molecular formula is C27H20N4O2S.